The standard InChI is InChI=1S/C18H31N/c1-6-15(7-2)17(19-5)18(8-3,9-4)16-13-11-10-12-14-16/h10-15,17,19H,6-9H2,1-5H3. The van der Waals surface area contributed by atoms with Gasteiger partial charge in [-0.3, -0.25) is 0 Å². The zero-order valence-electron chi connectivity index (χ0n) is 13.4. The summed E-state index contributed by atoms with van der Waals surface area (Å²) in [7, 11) is 2.13. The Morgan fingerprint density at radius 2 is 1.47 bits per heavy atom. The first-order chi connectivity index (χ1) is 9.19. The van der Waals surface area contributed by atoms with Crippen molar-refractivity contribution in [2.75, 3.05) is 7.05 Å². The topological polar surface area (TPSA) is 12.0 Å². The van der Waals surface area contributed by atoms with E-state index in [1.54, 1.807) is 0 Å². The fourth-order valence-corrected chi connectivity index (χ4v) is 3.77. The van der Waals surface area contributed by atoms with Crippen LogP contribution in [0.15, 0.2) is 30.3 Å². The molecule has 108 valence electrons. The van der Waals surface area contributed by atoms with Gasteiger partial charge in [-0.15, -0.1) is 0 Å². The largest absolute Gasteiger partial charge is 0.316 e. The lowest BCUT2D eigenvalue weighted by atomic mass is 9.65. The van der Waals surface area contributed by atoms with Crippen LogP contribution in [-0.2, 0) is 5.41 Å². The quantitative estimate of drug-likeness (QED) is 0.711. The van der Waals surface area contributed by atoms with Crippen LogP contribution in [0, 0.1) is 5.92 Å². The minimum absolute atomic E-state index is 0.257. The number of likely N-dealkylation sites (N-methyl/N-ethyl adjacent to an activating group) is 1. The van der Waals surface area contributed by atoms with Crippen molar-refractivity contribution in [2.24, 2.45) is 5.92 Å². The van der Waals surface area contributed by atoms with Gasteiger partial charge in [0, 0.05) is 11.5 Å². The Kier molecular flexibility index (Phi) is 6.57. The highest BCUT2D eigenvalue weighted by atomic mass is 14.9. The second-order valence-electron chi connectivity index (χ2n) is 5.57. The lowest BCUT2D eigenvalue weighted by Gasteiger charge is -2.44. The molecule has 0 aliphatic carbocycles. The molecule has 0 spiro atoms. The zero-order chi connectivity index (χ0) is 14.3. The molecule has 0 fully saturated rings. The number of rotatable bonds is 8. The Balaban J connectivity index is 3.23. The molecule has 0 bridgehead atoms. The Morgan fingerprint density at radius 3 is 1.84 bits per heavy atom. The predicted molar refractivity (Wildman–Crippen MR) is 85.6 cm³/mol. The van der Waals surface area contributed by atoms with Crippen molar-refractivity contribution in [1.82, 2.24) is 5.32 Å². The van der Waals surface area contributed by atoms with E-state index in [0.717, 1.165) is 5.92 Å². The van der Waals surface area contributed by atoms with E-state index in [2.05, 4.69) is 70.4 Å². The molecule has 0 radical (unpaired) electrons. The SMILES string of the molecule is CCC(CC)C(NC)C(CC)(CC)c1ccccc1. The van der Waals surface area contributed by atoms with Gasteiger partial charge >= 0.3 is 0 Å². The third kappa shape index (κ3) is 3.20. The Morgan fingerprint density at radius 1 is 0.947 bits per heavy atom. The molecule has 19 heavy (non-hydrogen) atoms. The summed E-state index contributed by atoms with van der Waals surface area (Å²) in [4.78, 5) is 0. The molecule has 0 amide bonds. The molecular weight excluding hydrogens is 230 g/mol. The number of benzene rings is 1. The lowest BCUT2D eigenvalue weighted by Crippen LogP contribution is -2.51. The van der Waals surface area contributed by atoms with Crippen LogP contribution < -0.4 is 5.32 Å². The van der Waals surface area contributed by atoms with Crippen molar-refractivity contribution in [2.45, 2.75) is 64.8 Å². The molecule has 1 aromatic rings. The molecule has 1 atom stereocenters. The molecule has 1 nitrogen and oxygen atoms in total. The second kappa shape index (κ2) is 7.69. The number of hydrogen-bond acceptors (Lipinski definition) is 1. The van der Waals surface area contributed by atoms with E-state index in [1.165, 1.54) is 31.2 Å². The van der Waals surface area contributed by atoms with Crippen LogP contribution in [0.5, 0.6) is 0 Å². The average Bonchev–Trinajstić information content (AvgIpc) is 2.49. The van der Waals surface area contributed by atoms with E-state index < -0.39 is 0 Å². The third-order valence-corrected chi connectivity index (χ3v) is 5.04. The predicted octanol–water partition coefficient (Wildman–Crippen LogP) is 4.77. The molecule has 0 aliphatic rings. The van der Waals surface area contributed by atoms with E-state index >= 15 is 0 Å². The van der Waals surface area contributed by atoms with Crippen LogP contribution >= 0.6 is 0 Å². The van der Waals surface area contributed by atoms with Gasteiger partial charge in [0.15, 0.2) is 0 Å². The summed E-state index contributed by atoms with van der Waals surface area (Å²) in [5.74, 6) is 0.741. The average molecular weight is 261 g/mol. The van der Waals surface area contributed by atoms with E-state index in [9.17, 15) is 0 Å². The van der Waals surface area contributed by atoms with Gasteiger partial charge in [0.25, 0.3) is 0 Å². The van der Waals surface area contributed by atoms with Crippen molar-refractivity contribution in [3.05, 3.63) is 35.9 Å². The molecule has 0 saturated heterocycles. The Labute approximate surface area is 119 Å². The maximum Gasteiger partial charge on any atom is 0.0189 e. The summed E-state index contributed by atoms with van der Waals surface area (Å²) in [6, 6.07) is 11.6. The maximum atomic E-state index is 3.65. The van der Waals surface area contributed by atoms with Crippen LogP contribution in [0.4, 0.5) is 0 Å². The van der Waals surface area contributed by atoms with E-state index in [-0.39, 0.29) is 5.41 Å². The smallest absolute Gasteiger partial charge is 0.0189 e. The van der Waals surface area contributed by atoms with Crippen LogP contribution in [-0.4, -0.2) is 13.1 Å². The van der Waals surface area contributed by atoms with Gasteiger partial charge in [0.2, 0.25) is 0 Å². The van der Waals surface area contributed by atoms with Crippen LogP contribution in [0.1, 0.15) is 58.9 Å². The van der Waals surface area contributed by atoms with Crippen LogP contribution in [0.3, 0.4) is 0 Å². The van der Waals surface area contributed by atoms with Crippen molar-refractivity contribution >= 4 is 0 Å². The molecule has 1 unspecified atom stereocenters. The van der Waals surface area contributed by atoms with Gasteiger partial charge in [0.1, 0.15) is 0 Å². The van der Waals surface area contributed by atoms with Crippen molar-refractivity contribution in [3.63, 3.8) is 0 Å². The van der Waals surface area contributed by atoms with Crippen LogP contribution in [0.2, 0.25) is 0 Å². The van der Waals surface area contributed by atoms with E-state index in [0.29, 0.717) is 6.04 Å². The summed E-state index contributed by atoms with van der Waals surface area (Å²) in [6.45, 7) is 9.31. The Hall–Kier alpha value is -0.820. The number of hydrogen-bond donors (Lipinski definition) is 1. The Bertz CT molecular complexity index is 336. The second-order valence-corrected chi connectivity index (χ2v) is 5.57. The molecule has 1 rings (SSSR count). The third-order valence-electron chi connectivity index (χ3n) is 5.04. The summed E-state index contributed by atoms with van der Waals surface area (Å²) >= 11 is 0. The summed E-state index contributed by atoms with van der Waals surface area (Å²) in [6.07, 6.45) is 4.87. The van der Waals surface area contributed by atoms with Crippen LogP contribution in [0.25, 0.3) is 0 Å². The van der Waals surface area contributed by atoms with Gasteiger partial charge in [-0.1, -0.05) is 70.9 Å². The molecular formula is C18H31N. The molecule has 1 N–H and O–H groups in total. The maximum absolute atomic E-state index is 3.65. The fourth-order valence-electron chi connectivity index (χ4n) is 3.77. The first-order valence-electron chi connectivity index (χ1n) is 7.92. The molecule has 1 aromatic carbocycles. The van der Waals surface area contributed by atoms with Crippen molar-refractivity contribution in [3.8, 4) is 0 Å². The van der Waals surface area contributed by atoms with E-state index in [1.807, 2.05) is 0 Å². The summed E-state index contributed by atoms with van der Waals surface area (Å²) < 4.78 is 0. The van der Waals surface area contributed by atoms with Crippen molar-refractivity contribution < 1.29 is 0 Å². The van der Waals surface area contributed by atoms with Gasteiger partial charge in [0.05, 0.1) is 0 Å². The molecule has 0 aromatic heterocycles. The zero-order valence-corrected chi connectivity index (χ0v) is 13.4. The van der Waals surface area contributed by atoms with Gasteiger partial charge in [-0.2, -0.15) is 0 Å². The first kappa shape index (κ1) is 16.2. The minimum atomic E-state index is 0.257. The van der Waals surface area contributed by atoms with Crippen molar-refractivity contribution in [1.29, 1.82) is 0 Å². The minimum Gasteiger partial charge on any atom is -0.316 e. The highest BCUT2D eigenvalue weighted by Gasteiger charge is 2.39. The van der Waals surface area contributed by atoms with Gasteiger partial charge in [-0.25, -0.2) is 0 Å². The highest BCUT2D eigenvalue weighted by molar-refractivity contribution is 5.28. The molecule has 1 heteroatoms. The molecule has 0 aliphatic heterocycles. The van der Waals surface area contributed by atoms with Gasteiger partial charge in [-0.05, 0) is 31.4 Å². The highest BCUT2D eigenvalue weighted by Crippen LogP contribution is 2.39. The lowest BCUT2D eigenvalue weighted by molar-refractivity contribution is 0.200. The molecule has 0 saturated carbocycles. The monoisotopic (exact) mass is 261 g/mol. The van der Waals surface area contributed by atoms with E-state index in [4.69, 9.17) is 0 Å². The normalized spacial score (nSPS) is 13.8. The first-order valence-corrected chi connectivity index (χ1v) is 7.92. The summed E-state index contributed by atoms with van der Waals surface area (Å²) in [5.41, 5.74) is 1.75. The number of nitrogens with one attached hydrogen (secondary N) is 1. The summed E-state index contributed by atoms with van der Waals surface area (Å²) in [5, 5.41) is 3.65. The van der Waals surface area contributed by atoms with Gasteiger partial charge < -0.3 is 5.32 Å². The molecule has 0 heterocycles. The fraction of sp³-hybridized carbons (Fsp3) is 0.667.